The third kappa shape index (κ3) is 8.18. The number of hydroxylamine groups is 2. The van der Waals surface area contributed by atoms with E-state index in [2.05, 4.69) is 5.32 Å². The Hall–Kier alpha value is -4.17. The molecule has 3 aromatic rings. The van der Waals surface area contributed by atoms with Crippen LogP contribution in [0.15, 0.2) is 84.9 Å². The Bertz CT molecular complexity index is 1160. The van der Waals surface area contributed by atoms with E-state index in [0.717, 1.165) is 21.8 Å². The average molecular weight is 505 g/mol. The van der Waals surface area contributed by atoms with E-state index in [1.807, 2.05) is 86.6 Å². The minimum absolute atomic E-state index is 0.0286. The molecule has 0 fully saturated rings. The summed E-state index contributed by atoms with van der Waals surface area (Å²) in [5.74, 6) is -1.71. The number of carbonyl (C=O) groups is 3. The first-order valence-corrected chi connectivity index (χ1v) is 12.1. The molecule has 194 valence electrons. The molecule has 0 bridgehead atoms. The highest BCUT2D eigenvalue weighted by atomic mass is 16.7. The van der Waals surface area contributed by atoms with Gasteiger partial charge >= 0.3 is 18.0 Å². The predicted octanol–water partition coefficient (Wildman–Crippen LogP) is 4.64. The summed E-state index contributed by atoms with van der Waals surface area (Å²) in [6.07, 6.45) is -1.42. The van der Waals surface area contributed by atoms with Crippen LogP contribution >= 0.6 is 0 Å². The first kappa shape index (κ1) is 27.4. The zero-order valence-corrected chi connectivity index (χ0v) is 21.2. The number of nitrogens with one attached hydrogen (secondary N) is 1. The van der Waals surface area contributed by atoms with Crippen LogP contribution < -0.4 is 5.32 Å². The molecule has 8 nitrogen and oxygen atoms in total. The molecule has 0 aromatic heterocycles. The summed E-state index contributed by atoms with van der Waals surface area (Å²) in [7, 11) is 0. The number of benzene rings is 3. The van der Waals surface area contributed by atoms with Crippen LogP contribution in [0.3, 0.4) is 0 Å². The molecule has 3 aromatic carbocycles. The maximum Gasteiger partial charge on any atom is 0.360 e. The van der Waals surface area contributed by atoms with Gasteiger partial charge in [0.15, 0.2) is 12.1 Å². The van der Waals surface area contributed by atoms with Crippen molar-refractivity contribution in [3.63, 3.8) is 0 Å². The van der Waals surface area contributed by atoms with Gasteiger partial charge in [0.1, 0.15) is 6.61 Å². The van der Waals surface area contributed by atoms with E-state index in [4.69, 9.17) is 9.57 Å². The van der Waals surface area contributed by atoms with Crippen molar-refractivity contribution in [2.24, 2.45) is 5.92 Å². The number of nitrogens with zero attached hydrogens (tertiary/aromatic N) is 1. The molecule has 0 aliphatic rings. The molecule has 0 spiro atoms. The van der Waals surface area contributed by atoms with Crippen molar-refractivity contribution in [2.45, 2.75) is 39.5 Å². The van der Waals surface area contributed by atoms with E-state index < -0.39 is 30.1 Å². The zero-order chi connectivity index (χ0) is 26.8. The molecule has 2 unspecified atom stereocenters. The summed E-state index contributed by atoms with van der Waals surface area (Å²) >= 11 is 0. The Morgan fingerprint density at radius 3 is 1.95 bits per heavy atom. The Morgan fingerprint density at radius 2 is 1.38 bits per heavy atom. The minimum atomic E-state index is -1.42. The van der Waals surface area contributed by atoms with E-state index in [-0.39, 0.29) is 19.1 Å². The van der Waals surface area contributed by atoms with Gasteiger partial charge in [-0.05, 0) is 35.1 Å². The summed E-state index contributed by atoms with van der Waals surface area (Å²) in [5.41, 5.74) is 3.25. The molecule has 0 radical (unpaired) electrons. The van der Waals surface area contributed by atoms with Crippen molar-refractivity contribution < 1.29 is 29.1 Å². The maximum atomic E-state index is 13.2. The number of ether oxygens (including phenoxy) is 1. The van der Waals surface area contributed by atoms with Crippen LogP contribution in [-0.4, -0.2) is 40.8 Å². The number of amides is 2. The van der Waals surface area contributed by atoms with Gasteiger partial charge in [-0.3, -0.25) is 0 Å². The summed E-state index contributed by atoms with van der Waals surface area (Å²) in [6, 6.07) is 24.2. The highest BCUT2D eigenvalue weighted by molar-refractivity contribution is 5.85. The summed E-state index contributed by atoms with van der Waals surface area (Å²) in [5, 5.41) is 13.0. The molecule has 2 N–H and O–H groups in total. The number of carbonyl (C=O) groups excluding carboxylic acids is 3. The van der Waals surface area contributed by atoms with E-state index >= 15 is 0 Å². The van der Waals surface area contributed by atoms with Gasteiger partial charge in [0.2, 0.25) is 0 Å². The molecule has 0 saturated carbocycles. The number of esters is 1. The molecular weight excluding hydrogens is 472 g/mol. The molecule has 37 heavy (non-hydrogen) atoms. The van der Waals surface area contributed by atoms with Crippen LogP contribution in [0.4, 0.5) is 4.79 Å². The second kappa shape index (κ2) is 13.2. The first-order chi connectivity index (χ1) is 17.7. The third-order valence-corrected chi connectivity index (χ3v) is 5.38. The lowest BCUT2D eigenvalue weighted by molar-refractivity contribution is -0.187. The van der Waals surface area contributed by atoms with E-state index in [0.29, 0.717) is 5.56 Å². The monoisotopic (exact) mass is 504 g/mol. The van der Waals surface area contributed by atoms with Crippen molar-refractivity contribution in [3.05, 3.63) is 96.1 Å². The number of hydrogen-bond acceptors (Lipinski definition) is 6. The molecule has 0 aliphatic carbocycles. The first-order valence-electron chi connectivity index (χ1n) is 12.1. The lowest BCUT2D eigenvalue weighted by atomic mass is 10.0. The standard InChI is InChI=1S/C29H32N2O6/c1-20(2)18-31(37-27(33)21(3)32)29(35)30-26(28(34)36-19-22-10-6-4-7-11-22)25-16-14-24(15-17-25)23-12-8-5-9-13-23/h4-17,20-21,26,32H,18-19H2,1-3H3,(H,30,35). The van der Waals surface area contributed by atoms with Gasteiger partial charge in [-0.15, -0.1) is 0 Å². The van der Waals surface area contributed by atoms with Crippen LogP contribution in [0.1, 0.15) is 37.9 Å². The summed E-state index contributed by atoms with van der Waals surface area (Å²) < 4.78 is 5.52. The van der Waals surface area contributed by atoms with Crippen molar-refractivity contribution in [1.29, 1.82) is 0 Å². The fourth-order valence-electron chi connectivity index (χ4n) is 3.46. The second-order valence-electron chi connectivity index (χ2n) is 9.01. The Balaban J connectivity index is 1.84. The van der Waals surface area contributed by atoms with Crippen molar-refractivity contribution in [2.75, 3.05) is 6.54 Å². The maximum absolute atomic E-state index is 13.2. The van der Waals surface area contributed by atoms with E-state index in [9.17, 15) is 19.5 Å². The molecule has 2 amide bonds. The number of rotatable bonds is 9. The van der Waals surface area contributed by atoms with Gasteiger partial charge in [0.05, 0.1) is 6.54 Å². The van der Waals surface area contributed by atoms with Crippen LogP contribution in [0.2, 0.25) is 0 Å². The van der Waals surface area contributed by atoms with Gasteiger partial charge in [0.25, 0.3) is 0 Å². The average Bonchev–Trinajstić information content (AvgIpc) is 2.90. The van der Waals surface area contributed by atoms with Gasteiger partial charge < -0.3 is 20.0 Å². The second-order valence-corrected chi connectivity index (χ2v) is 9.01. The summed E-state index contributed by atoms with van der Waals surface area (Å²) in [6.45, 7) is 5.00. The van der Waals surface area contributed by atoms with Crippen LogP contribution in [0.25, 0.3) is 11.1 Å². The minimum Gasteiger partial charge on any atom is -0.459 e. The summed E-state index contributed by atoms with van der Waals surface area (Å²) in [4.78, 5) is 43.4. The predicted molar refractivity (Wildman–Crippen MR) is 139 cm³/mol. The largest absolute Gasteiger partial charge is 0.459 e. The van der Waals surface area contributed by atoms with Crippen molar-refractivity contribution in [3.8, 4) is 11.1 Å². The normalized spacial score (nSPS) is 12.4. The van der Waals surface area contributed by atoms with Crippen LogP contribution in [0.5, 0.6) is 0 Å². The number of aliphatic hydroxyl groups is 1. The molecule has 0 heterocycles. The highest BCUT2D eigenvalue weighted by Gasteiger charge is 2.29. The molecule has 3 rings (SSSR count). The topological polar surface area (TPSA) is 105 Å². The van der Waals surface area contributed by atoms with Gasteiger partial charge in [0, 0.05) is 0 Å². The number of hydrogen-bond donors (Lipinski definition) is 2. The SMILES string of the molecule is CC(C)CN(OC(=O)C(C)O)C(=O)NC(C(=O)OCc1ccccc1)c1ccc(-c2ccccc2)cc1. The zero-order valence-electron chi connectivity index (χ0n) is 21.2. The highest BCUT2D eigenvalue weighted by Crippen LogP contribution is 2.23. The van der Waals surface area contributed by atoms with E-state index in [1.165, 1.54) is 6.92 Å². The number of aliphatic hydroxyl groups excluding tert-OH is 1. The quantitative estimate of drug-likeness (QED) is 0.325. The lowest BCUT2D eigenvalue weighted by Gasteiger charge is -2.26. The van der Waals surface area contributed by atoms with Crippen LogP contribution in [0, 0.1) is 5.92 Å². The van der Waals surface area contributed by atoms with Crippen molar-refractivity contribution in [1.82, 2.24) is 10.4 Å². The fourth-order valence-corrected chi connectivity index (χ4v) is 3.46. The molecule has 2 atom stereocenters. The van der Waals surface area contributed by atoms with Crippen molar-refractivity contribution >= 4 is 18.0 Å². The van der Waals surface area contributed by atoms with Crippen LogP contribution in [-0.2, 0) is 25.8 Å². The molecular formula is C29H32N2O6. The molecule has 0 aliphatic heterocycles. The fraction of sp³-hybridized carbons (Fsp3) is 0.276. The Labute approximate surface area is 216 Å². The van der Waals surface area contributed by atoms with Gasteiger partial charge in [-0.25, -0.2) is 14.4 Å². The third-order valence-electron chi connectivity index (χ3n) is 5.38. The smallest absolute Gasteiger partial charge is 0.360 e. The lowest BCUT2D eigenvalue weighted by Crippen LogP contribution is -2.47. The Kier molecular flexibility index (Phi) is 9.80. The van der Waals surface area contributed by atoms with Gasteiger partial charge in [-0.2, -0.15) is 5.06 Å². The molecule has 0 saturated heterocycles. The Morgan fingerprint density at radius 1 is 0.811 bits per heavy atom. The number of urea groups is 1. The molecule has 8 heteroatoms. The van der Waals surface area contributed by atoms with E-state index in [1.54, 1.807) is 12.1 Å². The van der Waals surface area contributed by atoms with Gasteiger partial charge in [-0.1, -0.05) is 98.8 Å².